The smallest absolute Gasteiger partial charge is 0.237 e. The van der Waals surface area contributed by atoms with Gasteiger partial charge in [0.05, 0.1) is 24.9 Å². The molecule has 6 heteroatoms. The molecule has 1 aromatic rings. The summed E-state index contributed by atoms with van der Waals surface area (Å²) in [5.41, 5.74) is 0.945. The van der Waals surface area contributed by atoms with E-state index in [1.807, 2.05) is 30.0 Å². The Morgan fingerprint density at radius 1 is 1.26 bits per heavy atom. The van der Waals surface area contributed by atoms with Crippen LogP contribution in [-0.2, 0) is 16.1 Å². The van der Waals surface area contributed by atoms with Crippen LogP contribution in [0.3, 0.4) is 0 Å². The zero-order chi connectivity index (χ0) is 19.1. The molecule has 5 nitrogen and oxygen atoms in total. The summed E-state index contributed by atoms with van der Waals surface area (Å²) in [6.45, 7) is 4.75. The van der Waals surface area contributed by atoms with Crippen molar-refractivity contribution in [3.05, 3.63) is 30.1 Å². The van der Waals surface area contributed by atoms with Gasteiger partial charge in [0, 0.05) is 37.1 Å². The minimum Gasteiger partial charge on any atom is -0.369 e. The Balaban J connectivity index is 1.70. The van der Waals surface area contributed by atoms with Crippen LogP contribution < -0.4 is 0 Å². The molecular formula is C21H33N3O2S. The summed E-state index contributed by atoms with van der Waals surface area (Å²) in [7, 11) is 0. The highest BCUT2D eigenvalue weighted by atomic mass is 32.2. The van der Waals surface area contributed by atoms with E-state index in [1.54, 1.807) is 6.20 Å². The second-order valence-electron chi connectivity index (χ2n) is 7.83. The number of pyridine rings is 1. The van der Waals surface area contributed by atoms with E-state index >= 15 is 0 Å². The largest absolute Gasteiger partial charge is 0.369 e. The third-order valence-corrected chi connectivity index (χ3v) is 6.55. The quantitative estimate of drug-likeness (QED) is 0.714. The Kier molecular flexibility index (Phi) is 7.97. The van der Waals surface area contributed by atoms with Crippen molar-refractivity contribution >= 4 is 17.7 Å². The Morgan fingerprint density at radius 2 is 2.07 bits per heavy atom. The Morgan fingerprint density at radius 3 is 2.78 bits per heavy atom. The number of hydrogen-bond donors (Lipinski definition) is 0. The molecule has 1 saturated heterocycles. The van der Waals surface area contributed by atoms with Crippen LogP contribution in [0.25, 0.3) is 0 Å². The fraction of sp³-hybridized carbons (Fsp3) is 0.714. The third kappa shape index (κ3) is 5.93. The Labute approximate surface area is 167 Å². The van der Waals surface area contributed by atoms with Gasteiger partial charge in [0.25, 0.3) is 0 Å². The minimum absolute atomic E-state index is 0.0321. The van der Waals surface area contributed by atoms with Crippen molar-refractivity contribution in [1.82, 2.24) is 14.8 Å². The number of thioether (sulfide) groups is 1. The van der Waals surface area contributed by atoms with E-state index in [2.05, 4.69) is 28.0 Å². The lowest BCUT2D eigenvalue weighted by Crippen LogP contribution is -2.46. The van der Waals surface area contributed by atoms with Crippen LogP contribution in [-0.4, -0.2) is 70.5 Å². The molecule has 3 rings (SSSR count). The van der Waals surface area contributed by atoms with Gasteiger partial charge < -0.3 is 9.64 Å². The average molecular weight is 392 g/mol. The first-order valence-electron chi connectivity index (χ1n) is 10.2. The molecule has 0 aromatic carbocycles. The van der Waals surface area contributed by atoms with Crippen LogP contribution in [0.1, 0.15) is 44.7 Å². The monoisotopic (exact) mass is 391 g/mol. The molecule has 1 amide bonds. The summed E-state index contributed by atoms with van der Waals surface area (Å²) in [5, 5.41) is 0. The summed E-state index contributed by atoms with van der Waals surface area (Å²) < 4.78 is 6.27. The SMILES string of the molecule is CSCC(C)N1CC(=O)N(C2CCCCC2)CC(OCc2ccccn2)C1. The van der Waals surface area contributed by atoms with E-state index in [4.69, 9.17) is 4.74 Å². The van der Waals surface area contributed by atoms with Crippen molar-refractivity contribution < 1.29 is 9.53 Å². The summed E-state index contributed by atoms with van der Waals surface area (Å²) >= 11 is 1.83. The molecule has 2 heterocycles. The second-order valence-corrected chi connectivity index (χ2v) is 8.74. The van der Waals surface area contributed by atoms with Gasteiger partial charge in [-0.3, -0.25) is 14.7 Å². The number of rotatable bonds is 7. The summed E-state index contributed by atoms with van der Waals surface area (Å²) in [6.07, 6.45) is 10.0. The molecule has 0 radical (unpaired) electrons. The van der Waals surface area contributed by atoms with Crippen molar-refractivity contribution in [3.63, 3.8) is 0 Å². The number of amides is 1. The minimum atomic E-state index is 0.0321. The van der Waals surface area contributed by atoms with Crippen molar-refractivity contribution in [3.8, 4) is 0 Å². The van der Waals surface area contributed by atoms with Gasteiger partial charge >= 0.3 is 0 Å². The van der Waals surface area contributed by atoms with Crippen LogP contribution >= 0.6 is 11.8 Å². The third-order valence-electron chi connectivity index (χ3n) is 5.74. The number of hydrogen-bond acceptors (Lipinski definition) is 5. The normalized spacial score (nSPS) is 24.0. The Bertz CT molecular complexity index is 580. The molecule has 1 aromatic heterocycles. The number of carbonyl (C=O) groups excluding carboxylic acids is 1. The van der Waals surface area contributed by atoms with E-state index < -0.39 is 0 Å². The highest BCUT2D eigenvalue weighted by molar-refractivity contribution is 7.98. The molecule has 1 saturated carbocycles. The maximum Gasteiger partial charge on any atom is 0.237 e. The molecule has 150 valence electrons. The molecule has 2 fully saturated rings. The van der Waals surface area contributed by atoms with E-state index in [0.29, 0.717) is 31.8 Å². The van der Waals surface area contributed by atoms with Crippen molar-refractivity contribution in [1.29, 1.82) is 0 Å². The molecular weight excluding hydrogens is 358 g/mol. The van der Waals surface area contributed by atoms with Gasteiger partial charge in [-0.1, -0.05) is 25.3 Å². The van der Waals surface area contributed by atoms with Crippen LogP contribution in [0, 0.1) is 0 Å². The molecule has 0 N–H and O–H groups in total. The molecule has 1 aliphatic heterocycles. The van der Waals surface area contributed by atoms with Gasteiger partial charge in [-0.05, 0) is 38.2 Å². The topological polar surface area (TPSA) is 45.7 Å². The van der Waals surface area contributed by atoms with Crippen molar-refractivity contribution in [2.24, 2.45) is 0 Å². The first kappa shape index (κ1) is 20.6. The van der Waals surface area contributed by atoms with Gasteiger partial charge in [-0.15, -0.1) is 0 Å². The summed E-state index contributed by atoms with van der Waals surface area (Å²) in [5.74, 6) is 1.31. The summed E-state index contributed by atoms with van der Waals surface area (Å²) in [4.78, 5) is 21.9. The number of carbonyl (C=O) groups is 1. The molecule has 2 unspecified atom stereocenters. The first-order chi connectivity index (χ1) is 13.2. The number of nitrogens with zero attached hydrogens (tertiary/aromatic N) is 3. The van der Waals surface area contributed by atoms with Crippen molar-refractivity contribution in [2.45, 2.75) is 63.8 Å². The zero-order valence-electron chi connectivity index (χ0n) is 16.7. The average Bonchev–Trinajstić information content (AvgIpc) is 2.87. The first-order valence-corrected chi connectivity index (χ1v) is 11.6. The highest BCUT2D eigenvalue weighted by Crippen LogP contribution is 2.25. The van der Waals surface area contributed by atoms with Gasteiger partial charge in [0.2, 0.25) is 5.91 Å². The molecule has 1 aliphatic carbocycles. The van der Waals surface area contributed by atoms with E-state index in [-0.39, 0.29) is 12.0 Å². The van der Waals surface area contributed by atoms with Crippen LogP contribution in [0.2, 0.25) is 0 Å². The molecule has 2 atom stereocenters. The molecule has 0 bridgehead atoms. The van der Waals surface area contributed by atoms with Gasteiger partial charge in [-0.2, -0.15) is 11.8 Å². The van der Waals surface area contributed by atoms with Crippen LogP contribution in [0.15, 0.2) is 24.4 Å². The zero-order valence-corrected chi connectivity index (χ0v) is 17.5. The maximum atomic E-state index is 13.1. The van der Waals surface area contributed by atoms with E-state index in [1.165, 1.54) is 19.3 Å². The van der Waals surface area contributed by atoms with Gasteiger partial charge in [0.1, 0.15) is 0 Å². The maximum absolute atomic E-state index is 13.1. The van der Waals surface area contributed by atoms with Gasteiger partial charge in [0.15, 0.2) is 0 Å². The fourth-order valence-electron chi connectivity index (χ4n) is 4.19. The number of ether oxygens (including phenoxy) is 1. The van der Waals surface area contributed by atoms with Crippen molar-refractivity contribution in [2.75, 3.05) is 31.6 Å². The lowest BCUT2D eigenvalue weighted by Gasteiger charge is -2.35. The molecule has 2 aliphatic rings. The fourth-order valence-corrected chi connectivity index (χ4v) is 4.88. The van der Waals surface area contributed by atoms with Crippen LogP contribution in [0.5, 0.6) is 0 Å². The summed E-state index contributed by atoms with van der Waals surface area (Å²) in [6, 6.07) is 6.67. The highest BCUT2D eigenvalue weighted by Gasteiger charge is 2.34. The lowest BCUT2D eigenvalue weighted by molar-refractivity contribution is -0.135. The standard InChI is InChI=1S/C21H33N3O2S/c1-17(16-27-2)23-12-20(26-15-18-8-6-7-11-22-18)13-24(21(25)14-23)19-9-4-3-5-10-19/h6-8,11,17,19-20H,3-5,9-10,12-16H2,1-2H3. The Hall–Kier alpha value is -1.11. The predicted octanol–water partition coefficient (Wildman–Crippen LogP) is 3.20. The lowest BCUT2D eigenvalue weighted by atomic mass is 9.94. The van der Waals surface area contributed by atoms with E-state index in [0.717, 1.165) is 30.8 Å². The molecule has 0 spiro atoms. The van der Waals surface area contributed by atoms with Crippen LogP contribution in [0.4, 0.5) is 0 Å². The van der Waals surface area contributed by atoms with E-state index in [9.17, 15) is 4.79 Å². The predicted molar refractivity (Wildman–Crippen MR) is 111 cm³/mol. The molecule has 27 heavy (non-hydrogen) atoms. The van der Waals surface area contributed by atoms with Gasteiger partial charge in [-0.25, -0.2) is 0 Å². The number of aromatic nitrogens is 1. The second kappa shape index (κ2) is 10.4.